The molecule has 3 N–H and O–H groups in total. The SMILES string of the molecule is CCc1ccc(CCC(=O)NC(=N)Nc2nc3ccccc3o2)o1. The Morgan fingerprint density at radius 3 is 2.71 bits per heavy atom. The number of nitrogens with zero attached hydrogens (tertiary/aromatic N) is 1. The number of rotatable bonds is 5. The average Bonchev–Trinajstić information content (AvgIpc) is 3.18. The van der Waals surface area contributed by atoms with Crippen LogP contribution in [0.4, 0.5) is 6.01 Å². The Hall–Kier alpha value is -3.09. The van der Waals surface area contributed by atoms with E-state index >= 15 is 0 Å². The van der Waals surface area contributed by atoms with Crippen LogP contribution in [0.15, 0.2) is 45.2 Å². The smallest absolute Gasteiger partial charge is 0.302 e. The Labute approximate surface area is 138 Å². The van der Waals surface area contributed by atoms with Gasteiger partial charge < -0.3 is 8.83 Å². The van der Waals surface area contributed by atoms with Crippen molar-refractivity contribution in [3.05, 3.63) is 47.9 Å². The molecule has 24 heavy (non-hydrogen) atoms. The van der Waals surface area contributed by atoms with E-state index in [0.29, 0.717) is 17.5 Å². The number of oxazole rings is 1. The van der Waals surface area contributed by atoms with Gasteiger partial charge in [0.15, 0.2) is 5.58 Å². The maximum absolute atomic E-state index is 11.9. The first-order valence-electron chi connectivity index (χ1n) is 7.72. The molecule has 0 spiro atoms. The van der Waals surface area contributed by atoms with Crippen LogP contribution in [0.1, 0.15) is 24.9 Å². The third kappa shape index (κ3) is 3.81. The second-order valence-electron chi connectivity index (χ2n) is 5.26. The van der Waals surface area contributed by atoms with Gasteiger partial charge in [0.05, 0.1) is 0 Å². The second-order valence-corrected chi connectivity index (χ2v) is 5.26. The van der Waals surface area contributed by atoms with E-state index in [1.807, 2.05) is 31.2 Å². The maximum Gasteiger partial charge on any atom is 0.302 e. The first-order valence-corrected chi connectivity index (χ1v) is 7.72. The number of hydrogen-bond acceptors (Lipinski definition) is 5. The number of carbonyl (C=O) groups is 1. The van der Waals surface area contributed by atoms with Gasteiger partial charge in [-0.25, -0.2) is 0 Å². The van der Waals surface area contributed by atoms with Crippen LogP contribution < -0.4 is 10.6 Å². The van der Waals surface area contributed by atoms with E-state index < -0.39 is 0 Å². The molecule has 0 atom stereocenters. The Balaban J connectivity index is 1.49. The fourth-order valence-electron chi connectivity index (χ4n) is 2.25. The van der Waals surface area contributed by atoms with Crippen molar-refractivity contribution < 1.29 is 13.6 Å². The number of benzene rings is 1. The van der Waals surface area contributed by atoms with Crippen molar-refractivity contribution in [2.24, 2.45) is 0 Å². The van der Waals surface area contributed by atoms with Crippen LogP contribution in [0, 0.1) is 5.41 Å². The Morgan fingerprint density at radius 1 is 1.17 bits per heavy atom. The third-order valence-corrected chi connectivity index (χ3v) is 3.45. The van der Waals surface area contributed by atoms with Crippen LogP contribution in [0.2, 0.25) is 0 Å². The average molecular weight is 326 g/mol. The fourth-order valence-corrected chi connectivity index (χ4v) is 2.25. The molecule has 1 amide bonds. The van der Waals surface area contributed by atoms with Gasteiger partial charge in [0, 0.05) is 19.3 Å². The second kappa shape index (κ2) is 6.99. The highest BCUT2D eigenvalue weighted by Crippen LogP contribution is 2.17. The number of hydrogen-bond donors (Lipinski definition) is 3. The van der Waals surface area contributed by atoms with Crippen LogP contribution >= 0.6 is 0 Å². The maximum atomic E-state index is 11.9. The number of furan rings is 1. The lowest BCUT2D eigenvalue weighted by Crippen LogP contribution is -2.35. The van der Waals surface area contributed by atoms with E-state index in [1.54, 1.807) is 12.1 Å². The summed E-state index contributed by atoms with van der Waals surface area (Å²) in [6.45, 7) is 2.01. The molecule has 0 unspecified atom stereocenters. The summed E-state index contributed by atoms with van der Waals surface area (Å²) >= 11 is 0. The lowest BCUT2D eigenvalue weighted by molar-refractivity contribution is -0.119. The van der Waals surface area contributed by atoms with Gasteiger partial charge in [-0.05, 0) is 24.3 Å². The fraction of sp³-hybridized carbons (Fsp3) is 0.235. The van der Waals surface area contributed by atoms with Crippen molar-refractivity contribution in [2.45, 2.75) is 26.2 Å². The number of guanidine groups is 1. The van der Waals surface area contributed by atoms with Gasteiger partial charge >= 0.3 is 6.01 Å². The number of amides is 1. The number of fused-ring (bicyclic) bond motifs is 1. The molecule has 0 saturated carbocycles. The molecule has 0 radical (unpaired) electrons. The minimum Gasteiger partial charge on any atom is -0.466 e. The molecule has 2 aromatic heterocycles. The zero-order valence-electron chi connectivity index (χ0n) is 13.3. The molecule has 2 heterocycles. The summed E-state index contributed by atoms with van der Waals surface area (Å²) in [6.07, 6.45) is 1.54. The summed E-state index contributed by atoms with van der Waals surface area (Å²) in [5.74, 6) is 1.20. The van der Waals surface area contributed by atoms with Crippen molar-refractivity contribution in [1.82, 2.24) is 10.3 Å². The van der Waals surface area contributed by atoms with Gasteiger partial charge in [-0.15, -0.1) is 0 Å². The zero-order valence-corrected chi connectivity index (χ0v) is 13.3. The summed E-state index contributed by atoms with van der Waals surface area (Å²) in [6, 6.07) is 11.2. The van der Waals surface area contributed by atoms with E-state index in [0.717, 1.165) is 17.9 Å². The molecule has 0 aliphatic heterocycles. The van der Waals surface area contributed by atoms with Crippen molar-refractivity contribution in [1.29, 1.82) is 5.41 Å². The summed E-state index contributed by atoms with van der Waals surface area (Å²) in [5, 5.41) is 12.9. The van der Waals surface area contributed by atoms with Crippen molar-refractivity contribution in [3.8, 4) is 0 Å². The lowest BCUT2D eigenvalue weighted by Gasteiger charge is -2.05. The topological polar surface area (TPSA) is 104 Å². The Morgan fingerprint density at radius 2 is 1.96 bits per heavy atom. The van der Waals surface area contributed by atoms with E-state index in [-0.39, 0.29) is 24.3 Å². The molecule has 7 nitrogen and oxygen atoms in total. The largest absolute Gasteiger partial charge is 0.466 e. The number of nitrogens with one attached hydrogen (secondary N) is 3. The predicted molar refractivity (Wildman–Crippen MR) is 89.9 cm³/mol. The zero-order chi connectivity index (χ0) is 16.9. The van der Waals surface area contributed by atoms with Crippen LogP contribution in [0.3, 0.4) is 0 Å². The molecule has 7 heteroatoms. The molecule has 124 valence electrons. The molecule has 0 aliphatic carbocycles. The molecular weight excluding hydrogens is 308 g/mol. The Kier molecular flexibility index (Phi) is 4.60. The number of carbonyl (C=O) groups excluding carboxylic acids is 1. The van der Waals surface area contributed by atoms with E-state index in [9.17, 15) is 4.79 Å². The van der Waals surface area contributed by atoms with Gasteiger partial charge in [-0.2, -0.15) is 4.98 Å². The standard InChI is InChI=1S/C17H18N4O3/c1-2-11-7-8-12(23-11)9-10-15(22)20-16(18)21-17-19-13-5-3-4-6-14(13)24-17/h3-8H,2,9-10H2,1H3,(H3,18,19,20,21,22). The number of para-hydroxylation sites is 2. The first kappa shape index (κ1) is 15.8. The van der Waals surface area contributed by atoms with Gasteiger partial charge in [-0.3, -0.25) is 20.8 Å². The third-order valence-electron chi connectivity index (χ3n) is 3.45. The number of aryl methyl sites for hydroxylation is 2. The number of aromatic nitrogens is 1. The summed E-state index contributed by atoms with van der Waals surface area (Å²) < 4.78 is 11.0. The minimum absolute atomic E-state index is 0.167. The summed E-state index contributed by atoms with van der Waals surface area (Å²) in [5.41, 5.74) is 1.30. The normalized spacial score (nSPS) is 10.7. The predicted octanol–water partition coefficient (Wildman–Crippen LogP) is 3.08. The van der Waals surface area contributed by atoms with Crippen molar-refractivity contribution in [2.75, 3.05) is 5.32 Å². The van der Waals surface area contributed by atoms with Gasteiger partial charge in [0.1, 0.15) is 17.0 Å². The van der Waals surface area contributed by atoms with E-state index in [4.69, 9.17) is 14.2 Å². The first-order chi connectivity index (χ1) is 11.6. The van der Waals surface area contributed by atoms with E-state index in [1.165, 1.54) is 0 Å². The molecule has 1 aromatic carbocycles. The molecule has 3 aromatic rings. The lowest BCUT2D eigenvalue weighted by atomic mass is 10.2. The van der Waals surface area contributed by atoms with Gasteiger partial charge in [0.2, 0.25) is 11.9 Å². The monoisotopic (exact) mass is 326 g/mol. The van der Waals surface area contributed by atoms with Gasteiger partial charge in [0.25, 0.3) is 0 Å². The quantitative estimate of drug-likeness (QED) is 0.494. The highest BCUT2D eigenvalue weighted by atomic mass is 16.4. The van der Waals surface area contributed by atoms with Crippen molar-refractivity contribution in [3.63, 3.8) is 0 Å². The molecule has 0 saturated heterocycles. The molecular formula is C17H18N4O3. The van der Waals surface area contributed by atoms with Crippen LogP contribution in [0.25, 0.3) is 11.1 Å². The Bertz CT molecular complexity index is 832. The minimum atomic E-state index is -0.280. The summed E-state index contributed by atoms with van der Waals surface area (Å²) in [4.78, 5) is 16.1. The highest BCUT2D eigenvalue weighted by molar-refractivity contribution is 6.01. The van der Waals surface area contributed by atoms with Crippen LogP contribution in [0.5, 0.6) is 0 Å². The van der Waals surface area contributed by atoms with Crippen LogP contribution in [-0.2, 0) is 17.6 Å². The number of anilines is 1. The summed E-state index contributed by atoms with van der Waals surface area (Å²) in [7, 11) is 0. The van der Waals surface area contributed by atoms with Crippen molar-refractivity contribution >= 4 is 29.0 Å². The van der Waals surface area contributed by atoms with Gasteiger partial charge in [-0.1, -0.05) is 19.1 Å². The molecule has 0 aliphatic rings. The molecule has 0 bridgehead atoms. The van der Waals surface area contributed by atoms with Crippen LogP contribution in [-0.4, -0.2) is 16.9 Å². The van der Waals surface area contributed by atoms with E-state index in [2.05, 4.69) is 15.6 Å². The molecule has 3 rings (SSSR count). The molecule has 0 fully saturated rings. The highest BCUT2D eigenvalue weighted by Gasteiger charge is 2.10.